The van der Waals surface area contributed by atoms with Gasteiger partial charge in [0.2, 0.25) is 5.16 Å². The molecular weight excluding hydrogens is 370 g/mol. The molecule has 0 radical (unpaired) electrons. The summed E-state index contributed by atoms with van der Waals surface area (Å²) in [5.41, 5.74) is 0.531. The van der Waals surface area contributed by atoms with Gasteiger partial charge in [0.1, 0.15) is 0 Å². The molecule has 11 nitrogen and oxygen atoms in total. The molecule has 0 aliphatic rings. The minimum atomic E-state index is -0.441. The Morgan fingerprint density at radius 1 is 0.963 bits per heavy atom. The summed E-state index contributed by atoms with van der Waals surface area (Å²) in [6, 6.07) is 3.55. The SMILES string of the molecule is Cn1c(=O)c2c(nc(Sc3nnc(-c4ccncc4)n3N)n2C)n(C)c1=O. The molecule has 4 rings (SSSR count). The summed E-state index contributed by atoms with van der Waals surface area (Å²) >= 11 is 1.15. The zero-order chi connectivity index (χ0) is 19.3. The van der Waals surface area contributed by atoms with Crippen molar-refractivity contribution in [3.63, 3.8) is 0 Å². The van der Waals surface area contributed by atoms with E-state index in [1.54, 1.807) is 43.2 Å². The van der Waals surface area contributed by atoms with Crippen LogP contribution in [0.15, 0.2) is 44.4 Å². The number of aromatic nitrogens is 8. The molecule has 138 valence electrons. The number of nitrogens with zero attached hydrogens (tertiary/aromatic N) is 8. The van der Waals surface area contributed by atoms with Crippen molar-refractivity contribution in [1.29, 1.82) is 0 Å². The van der Waals surface area contributed by atoms with Crippen molar-refractivity contribution in [1.82, 2.24) is 38.5 Å². The third-order valence-corrected chi connectivity index (χ3v) is 5.23. The summed E-state index contributed by atoms with van der Waals surface area (Å²) in [6.45, 7) is 0. The fraction of sp³-hybridized carbons (Fsp3) is 0.200. The molecule has 0 spiro atoms. The van der Waals surface area contributed by atoms with E-state index in [2.05, 4.69) is 20.2 Å². The lowest BCUT2D eigenvalue weighted by Crippen LogP contribution is -2.37. The van der Waals surface area contributed by atoms with Gasteiger partial charge >= 0.3 is 5.69 Å². The van der Waals surface area contributed by atoms with Gasteiger partial charge in [0.15, 0.2) is 22.1 Å². The van der Waals surface area contributed by atoms with E-state index in [4.69, 9.17) is 5.84 Å². The number of hydrogen-bond donors (Lipinski definition) is 1. The van der Waals surface area contributed by atoms with E-state index >= 15 is 0 Å². The molecule has 0 unspecified atom stereocenters. The minimum Gasteiger partial charge on any atom is -0.335 e. The van der Waals surface area contributed by atoms with Gasteiger partial charge in [-0.15, -0.1) is 10.2 Å². The first-order valence-electron chi connectivity index (χ1n) is 7.81. The normalized spacial score (nSPS) is 11.4. The first-order valence-corrected chi connectivity index (χ1v) is 8.63. The lowest BCUT2D eigenvalue weighted by molar-refractivity contribution is 0.705. The molecule has 4 heterocycles. The summed E-state index contributed by atoms with van der Waals surface area (Å²) < 4.78 is 5.33. The van der Waals surface area contributed by atoms with Crippen LogP contribution in [0, 0.1) is 0 Å². The standard InChI is InChI=1S/C15H15N9O2S/c1-21-9-11(22(2)15(26)23(3)12(9)25)18-13(21)27-14-20-19-10(24(14)16)8-4-6-17-7-5-8/h4-7H,16H2,1-3H3. The van der Waals surface area contributed by atoms with Gasteiger partial charge in [-0.3, -0.25) is 18.9 Å². The minimum absolute atomic E-state index is 0.297. The van der Waals surface area contributed by atoms with Crippen molar-refractivity contribution >= 4 is 22.9 Å². The second kappa shape index (κ2) is 6.09. The lowest BCUT2D eigenvalue weighted by Gasteiger charge is -2.04. The van der Waals surface area contributed by atoms with Gasteiger partial charge in [0.05, 0.1) is 0 Å². The Kier molecular flexibility index (Phi) is 3.84. The predicted octanol–water partition coefficient (Wildman–Crippen LogP) is -0.511. The molecule has 0 saturated carbocycles. The Hall–Kier alpha value is -3.41. The van der Waals surface area contributed by atoms with Crippen molar-refractivity contribution in [2.45, 2.75) is 10.3 Å². The monoisotopic (exact) mass is 385 g/mol. The van der Waals surface area contributed by atoms with Gasteiger partial charge in [0.25, 0.3) is 5.56 Å². The second-order valence-electron chi connectivity index (χ2n) is 5.85. The zero-order valence-electron chi connectivity index (χ0n) is 14.7. The van der Waals surface area contributed by atoms with Crippen molar-refractivity contribution in [3.8, 4) is 11.4 Å². The molecular formula is C15H15N9O2S. The number of pyridine rings is 1. The van der Waals surface area contributed by atoms with E-state index in [0.29, 0.717) is 27.3 Å². The Morgan fingerprint density at radius 2 is 1.67 bits per heavy atom. The average molecular weight is 385 g/mol. The predicted molar refractivity (Wildman–Crippen MR) is 98.7 cm³/mol. The number of hydrogen-bond acceptors (Lipinski definition) is 8. The van der Waals surface area contributed by atoms with E-state index in [9.17, 15) is 9.59 Å². The molecule has 0 aromatic carbocycles. The fourth-order valence-corrected chi connectivity index (χ4v) is 3.51. The Labute approximate surface area is 156 Å². The highest BCUT2D eigenvalue weighted by Crippen LogP contribution is 2.28. The molecule has 0 amide bonds. The van der Waals surface area contributed by atoms with E-state index in [1.165, 1.54) is 16.3 Å². The van der Waals surface area contributed by atoms with Crippen molar-refractivity contribution < 1.29 is 0 Å². The van der Waals surface area contributed by atoms with Crippen molar-refractivity contribution in [3.05, 3.63) is 45.4 Å². The fourth-order valence-electron chi connectivity index (χ4n) is 2.72. The summed E-state index contributed by atoms with van der Waals surface area (Å²) in [7, 11) is 4.70. The number of fused-ring (bicyclic) bond motifs is 1. The number of imidazole rings is 1. The second-order valence-corrected chi connectivity index (χ2v) is 6.78. The quantitative estimate of drug-likeness (QED) is 0.467. The zero-order valence-corrected chi connectivity index (χ0v) is 15.5. The maximum atomic E-state index is 12.5. The van der Waals surface area contributed by atoms with Crippen molar-refractivity contribution in [2.75, 3.05) is 5.84 Å². The van der Waals surface area contributed by atoms with Gasteiger partial charge in [0, 0.05) is 39.1 Å². The van der Waals surface area contributed by atoms with Gasteiger partial charge < -0.3 is 10.4 Å². The third-order valence-electron chi connectivity index (χ3n) is 4.22. The summed E-state index contributed by atoms with van der Waals surface area (Å²) in [6.07, 6.45) is 3.27. The number of nitrogen functional groups attached to an aromatic ring is 1. The van der Waals surface area contributed by atoms with E-state index in [-0.39, 0.29) is 0 Å². The van der Waals surface area contributed by atoms with Crippen LogP contribution in [0.4, 0.5) is 0 Å². The highest BCUT2D eigenvalue weighted by molar-refractivity contribution is 7.99. The first-order chi connectivity index (χ1) is 12.9. The maximum Gasteiger partial charge on any atom is 0.332 e. The molecule has 0 atom stereocenters. The van der Waals surface area contributed by atoms with Crippen LogP contribution in [0.25, 0.3) is 22.6 Å². The molecule has 4 aromatic heterocycles. The molecule has 12 heteroatoms. The van der Waals surface area contributed by atoms with Crippen LogP contribution in [-0.4, -0.2) is 38.5 Å². The molecule has 0 bridgehead atoms. The molecule has 0 fully saturated rings. The van der Waals surface area contributed by atoms with Crippen LogP contribution in [0.5, 0.6) is 0 Å². The third kappa shape index (κ3) is 2.52. The van der Waals surface area contributed by atoms with Crippen LogP contribution in [0.2, 0.25) is 0 Å². The smallest absolute Gasteiger partial charge is 0.332 e. The van der Waals surface area contributed by atoms with E-state index < -0.39 is 11.2 Å². The molecule has 4 aromatic rings. The van der Waals surface area contributed by atoms with Crippen molar-refractivity contribution in [2.24, 2.45) is 21.1 Å². The van der Waals surface area contributed by atoms with E-state index in [1.807, 2.05) is 0 Å². The Balaban J connectivity index is 1.82. The van der Waals surface area contributed by atoms with Gasteiger partial charge in [-0.25, -0.2) is 14.5 Å². The Bertz CT molecular complexity index is 1280. The van der Waals surface area contributed by atoms with Crippen LogP contribution in [0.1, 0.15) is 0 Å². The topological polar surface area (TPSA) is 131 Å². The van der Waals surface area contributed by atoms with Gasteiger partial charge in [-0.1, -0.05) is 0 Å². The molecule has 2 N–H and O–H groups in total. The Morgan fingerprint density at radius 3 is 2.37 bits per heavy atom. The molecule has 27 heavy (non-hydrogen) atoms. The highest BCUT2D eigenvalue weighted by atomic mass is 32.2. The lowest BCUT2D eigenvalue weighted by atomic mass is 10.2. The summed E-state index contributed by atoms with van der Waals surface area (Å²) in [5.74, 6) is 6.60. The summed E-state index contributed by atoms with van der Waals surface area (Å²) in [5, 5.41) is 9.07. The summed E-state index contributed by atoms with van der Waals surface area (Å²) in [4.78, 5) is 33.0. The molecule has 0 aliphatic carbocycles. The maximum absolute atomic E-state index is 12.5. The van der Waals surface area contributed by atoms with Crippen LogP contribution in [-0.2, 0) is 21.1 Å². The van der Waals surface area contributed by atoms with Crippen LogP contribution < -0.4 is 17.1 Å². The van der Waals surface area contributed by atoms with Crippen LogP contribution in [0.3, 0.4) is 0 Å². The molecule has 0 aliphatic heterocycles. The average Bonchev–Trinajstić information content (AvgIpc) is 3.20. The number of nitrogens with two attached hydrogens (primary N) is 1. The number of rotatable bonds is 3. The molecule has 0 saturated heterocycles. The van der Waals surface area contributed by atoms with Crippen LogP contribution >= 0.6 is 11.8 Å². The number of aryl methyl sites for hydroxylation is 2. The largest absolute Gasteiger partial charge is 0.335 e. The first kappa shape index (κ1) is 17.0. The van der Waals surface area contributed by atoms with Gasteiger partial charge in [-0.05, 0) is 23.9 Å². The highest BCUT2D eigenvalue weighted by Gasteiger charge is 2.20. The van der Waals surface area contributed by atoms with Gasteiger partial charge in [-0.2, -0.15) is 0 Å². The van der Waals surface area contributed by atoms with E-state index in [0.717, 1.165) is 21.9 Å².